The lowest BCUT2D eigenvalue weighted by Crippen LogP contribution is -2.41. The molecule has 0 spiro atoms. The van der Waals surface area contributed by atoms with Gasteiger partial charge < -0.3 is 5.32 Å². The van der Waals surface area contributed by atoms with Gasteiger partial charge in [0.1, 0.15) is 27.5 Å². The summed E-state index contributed by atoms with van der Waals surface area (Å²) in [7, 11) is 0. The van der Waals surface area contributed by atoms with Gasteiger partial charge in [0.25, 0.3) is 5.91 Å². The molecule has 0 unspecified atom stereocenters. The van der Waals surface area contributed by atoms with Gasteiger partial charge in [0.15, 0.2) is 0 Å². The molecule has 3 amide bonds. The van der Waals surface area contributed by atoms with Gasteiger partial charge in [-0.3, -0.25) is 9.69 Å². The Morgan fingerprint density at radius 2 is 1.92 bits per heavy atom. The van der Waals surface area contributed by atoms with Crippen LogP contribution in [0.25, 0.3) is 0 Å². The molecule has 1 N–H and O–H groups in total. The van der Waals surface area contributed by atoms with Gasteiger partial charge in [-0.15, -0.1) is 0 Å². The number of hydrogen-bond donors (Lipinski definition) is 1. The molecule has 1 aliphatic heterocycles. The van der Waals surface area contributed by atoms with Crippen molar-refractivity contribution >= 4 is 35.1 Å². The van der Waals surface area contributed by atoms with Gasteiger partial charge in [0, 0.05) is 17.2 Å². The lowest BCUT2D eigenvalue weighted by atomic mass is 9.91. The SMILES string of the molecule is C[C@@]1(c2ccc(F)cc2F)NC(=O)N(Cc2ccc(Cl)nc2Cl)C1=O. The van der Waals surface area contributed by atoms with Gasteiger partial charge in [-0.25, -0.2) is 18.6 Å². The summed E-state index contributed by atoms with van der Waals surface area (Å²) in [5, 5.41) is 2.66. The number of aromatic nitrogens is 1. The zero-order chi connectivity index (χ0) is 18.4. The highest BCUT2D eigenvalue weighted by Crippen LogP contribution is 2.32. The van der Waals surface area contributed by atoms with Crippen LogP contribution in [0.3, 0.4) is 0 Å². The molecule has 1 aliphatic rings. The molecular formula is C16H11Cl2F2N3O2. The summed E-state index contributed by atoms with van der Waals surface area (Å²) in [5.74, 6) is -2.39. The predicted molar refractivity (Wildman–Crippen MR) is 87.0 cm³/mol. The minimum atomic E-state index is -1.65. The molecule has 5 nitrogen and oxygen atoms in total. The average molecular weight is 386 g/mol. The van der Waals surface area contributed by atoms with E-state index in [1.54, 1.807) is 0 Å². The summed E-state index contributed by atoms with van der Waals surface area (Å²) in [4.78, 5) is 29.7. The number of halogens is 4. The first-order chi connectivity index (χ1) is 11.7. The maximum atomic E-state index is 14.1. The predicted octanol–water partition coefficient (Wildman–Crippen LogP) is 3.63. The van der Waals surface area contributed by atoms with Gasteiger partial charge in [-0.1, -0.05) is 35.3 Å². The second kappa shape index (κ2) is 6.24. The van der Waals surface area contributed by atoms with Crippen LogP contribution >= 0.6 is 23.2 Å². The Morgan fingerprint density at radius 3 is 2.56 bits per heavy atom. The fraction of sp³-hybridized carbons (Fsp3) is 0.188. The Morgan fingerprint density at radius 1 is 1.20 bits per heavy atom. The molecule has 3 rings (SSSR count). The average Bonchev–Trinajstić information content (AvgIpc) is 2.73. The molecule has 2 aromatic rings. The number of carbonyl (C=O) groups excluding carboxylic acids is 2. The van der Waals surface area contributed by atoms with Gasteiger partial charge in [-0.05, 0) is 19.1 Å². The minimum Gasteiger partial charge on any atom is -0.319 e. The van der Waals surface area contributed by atoms with Crippen molar-refractivity contribution in [3.8, 4) is 0 Å². The maximum Gasteiger partial charge on any atom is 0.325 e. The number of imide groups is 1. The number of nitrogens with zero attached hydrogens (tertiary/aromatic N) is 2. The van der Waals surface area contributed by atoms with Gasteiger partial charge in [-0.2, -0.15) is 0 Å². The third-order valence-electron chi connectivity index (χ3n) is 3.97. The standard InChI is InChI=1S/C16H11Cl2F2N3O2/c1-16(10-4-3-9(19)6-11(10)20)14(24)23(15(25)22-16)7-8-2-5-12(17)21-13(8)18/h2-6H,7H2,1H3,(H,22,25)/t16-/m0/s1. The van der Waals surface area contributed by atoms with Crippen LogP contribution in [0, 0.1) is 11.6 Å². The lowest BCUT2D eigenvalue weighted by Gasteiger charge is -2.23. The summed E-state index contributed by atoms with van der Waals surface area (Å²) in [6, 6.07) is 5.09. The number of amides is 3. The molecule has 1 saturated heterocycles. The van der Waals surface area contributed by atoms with Crippen molar-refractivity contribution in [1.82, 2.24) is 15.2 Å². The number of rotatable bonds is 3. The summed E-state index contributed by atoms with van der Waals surface area (Å²) in [6.07, 6.45) is 0. The third-order valence-corrected chi connectivity index (χ3v) is 4.50. The van der Waals surface area contributed by atoms with Gasteiger partial charge in [0.2, 0.25) is 0 Å². The Kier molecular flexibility index (Phi) is 4.38. The molecule has 0 saturated carbocycles. The van der Waals surface area contributed by atoms with Crippen LogP contribution in [-0.4, -0.2) is 21.8 Å². The molecular weight excluding hydrogens is 375 g/mol. The van der Waals surface area contributed by atoms with Crippen molar-refractivity contribution in [3.05, 3.63) is 63.4 Å². The van der Waals surface area contributed by atoms with E-state index >= 15 is 0 Å². The van der Waals surface area contributed by atoms with E-state index in [-0.39, 0.29) is 22.4 Å². The van der Waals surface area contributed by atoms with Crippen molar-refractivity contribution in [1.29, 1.82) is 0 Å². The monoisotopic (exact) mass is 385 g/mol. The van der Waals surface area contributed by atoms with Crippen LogP contribution in [-0.2, 0) is 16.9 Å². The number of pyridine rings is 1. The number of hydrogen-bond acceptors (Lipinski definition) is 3. The van der Waals surface area contributed by atoms with E-state index in [0.29, 0.717) is 11.6 Å². The van der Waals surface area contributed by atoms with Crippen molar-refractivity contribution in [2.24, 2.45) is 0 Å². The number of nitrogens with one attached hydrogen (secondary N) is 1. The highest BCUT2D eigenvalue weighted by molar-refractivity contribution is 6.32. The fourth-order valence-electron chi connectivity index (χ4n) is 2.65. The highest BCUT2D eigenvalue weighted by Gasteiger charge is 2.50. The maximum absolute atomic E-state index is 14.1. The molecule has 1 fully saturated rings. The molecule has 0 bridgehead atoms. The van der Waals surface area contributed by atoms with Crippen molar-refractivity contribution < 1.29 is 18.4 Å². The molecule has 25 heavy (non-hydrogen) atoms. The van der Waals surface area contributed by atoms with Crippen LogP contribution in [0.1, 0.15) is 18.1 Å². The fourth-order valence-corrected chi connectivity index (χ4v) is 3.05. The van der Waals surface area contributed by atoms with E-state index in [0.717, 1.165) is 17.0 Å². The summed E-state index contributed by atoms with van der Waals surface area (Å²) < 4.78 is 27.2. The van der Waals surface area contributed by atoms with Crippen molar-refractivity contribution in [3.63, 3.8) is 0 Å². The van der Waals surface area contributed by atoms with Crippen LogP contribution < -0.4 is 5.32 Å². The van der Waals surface area contributed by atoms with Crippen molar-refractivity contribution in [2.75, 3.05) is 0 Å². The van der Waals surface area contributed by atoms with Gasteiger partial charge in [0.05, 0.1) is 6.54 Å². The van der Waals surface area contributed by atoms with Crippen molar-refractivity contribution in [2.45, 2.75) is 19.0 Å². The largest absolute Gasteiger partial charge is 0.325 e. The molecule has 1 atom stereocenters. The number of benzene rings is 1. The molecule has 1 aromatic heterocycles. The second-order valence-corrected chi connectivity index (χ2v) is 6.40. The Hall–Kier alpha value is -2.25. The minimum absolute atomic E-state index is 0.0506. The highest BCUT2D eigenvalue weighted by atomic mass is 35.5. The van der Waals surface area contributed by atoms with E-state index in [2.05, 4.69) is 10.3 Å². The topological polar surface area (TPSA) is 62.3 Å². The van der Waals surface area contributed by atoms with Crippen LogP contribution in [0.15, 0.2) is 30.3 Å². The molecule has 0 radical (unpaired) electrons. The molecule has 2 heterocycles. The lowest BCUT2D eigenvalue weighted by molar-refractivity contribution is -0.131. The molecule has 1 aromatic carbocycles. The third kappa shape index (κ3) is 3.05. The Bertz CT molecular complexity index is 894. The first-order valence-electron chi connectivity index (χ1n) is 7.13. The van der Waals surface area contributed by atoms with E-state index < -0.39 is 29.1 Å². The van der Waals surface area contributed by atoms with Gasteiger partial charge >= 0.3 is 6.03 Å². The number of carbonyl (C=O) groups is 2. The normalized spacial score (nSPS) is 20.1. The quantitative estimate of drug-likeness (QED) is 0.647. The van der Waals surface area contributed by atoms with Crippen LogP contribution in [0.4, 0.5) is 13.6 Å². The van der Waals surface area contributed by atoms with E-state index in [9.17, 15) is 18.4 Å². The Balaban J connectivity index is 1.94. The van der Waals surface area contributed by atoms with Crippen LogP contribution in [0.2, 0.25) is 10.3 Å². The molecule has 0 aliphatic carbocycles. The zero-order valence-corrected chi connectivity index (χ0v) is 14.3. The summed E-state index contributed by atoms with van der Waals surface area (Å²) >= 11 is 11.7. The smallest absolute Gasteiger partial charge is 0.319 e. The van der Waals surface area contributed by atoms with E-state index in [4.69, 9.17) is 23.2 Å². The van der Waals surface area contributed by atoms with E-state index in [1.165, 1.54) is 19.1 Å². The number of urea groups is 1. The van der Waals surface area contributed by atoms with E-state index in [1.807, 2.05) is 0 Å². The molecule has 9 heteroatoms. The van der Waals surface area contributed by atoms with Crippen LogP contribution in [0.5, 0.6) is 0 Å². The first kappa shape index (κ1) is 17.6. The zero-order valence-electron chi connectivity index (χ0n) is 12.8. The summed E-state index contributed by atoms with van der Waals surface area (Å²) in [5.41, 5.74) is -1.38. The first-order valence-corrected chi connectivity index (χ1v) is 7.88. The second-order valence-electron chi connectivity index (χ2n) is 5.65. The molecule has 130 valence electrons. The summed E-state index contributed by atoms with van der Waals surface area (Å²) in [6.45, 7) is 1.19. The Labute approximate surface area is 151 Å².